The van der Waals surface area contributed by atoms with Crippen LogP contribution in [0.2, 0.25) is 5.02 Å². The number of nitrogens with one attached hydrogen (secondary N) is 1. The molecule has 2 heterocycles. The average molecular weight is 222 g/mol. The highest BCUT2D eigenvalue weighted by molar-refractivity contribution is 6.30. The molecule has 2 aliphatic rings. The molecule has 1 saturated heterocycles. The van der Waals surface area contributed by atoms with Crippen molar-refractivity contribution in [2.75, 3.05) is 13.1 Å². The lowest BCUT2D eigenvalue weighted by Crippen LogP contribution is -2.09. The lowest BCUT2D eigenvalue weighted by molar-refractivity contribution is 0.536. The molecular weight excluding hydrogens is 210 g/mol. The van der Waals surface area contributed by atoms with Crippen molar-refractivity contribution in [2.45, 2.75) is 6.42 Å². The highest BCUT2D eigenvalue weighted by Crippen LogP contribution is 2.36. The molecule has 1 N–H and O–H groups in total. The maximum absolute atomic E-state index is 5.76. The molecule has 0 radical (unpaired) electrons. The van der Waals surface area contributed by atoms with E-state index in [-0.39, 0.29) is 0 Å². The van der Waals surface area contributed by atoms with Crippen molar-refractivity contribution < 1.29 is 0 Å². The Labute approximate surface area is 93.6 Å². The Morgan fingerprint density at radius 1 is 1.27 bits per heavy atom. The van der Waals surface area contributed by atoms with Crippen molar-refractivity contribution in [1.29, 1.82) is 0 Å². The van der Waals surface area contributed by atoms with Crippen molar-refractivity contribution >= 4 is 17.2 Å². The Hall–Kier alpha value is -0.930. The van der Waals surface area contributed by atoms with Gasteiger partial charge >= 0.3 is 0 Å². The largest absolute Gasteiger partial charge is 0.316 e. The summed E-state index contributed by atoms with van der Waals surface area (Å²) in [5.74, 6) is 2.27. The second-order valence-corrected chi connectivity index (χ2v) is 4.64. The minimum absolute atomic E-state index is 0.596. The van der Waals surface area contributed by atoms with E-state index < -0.39 is 0 Å². The first-order valence-corrected chi connectivity index (χ1v) is 5.60. The minimum atomic E-state index is 0.596. The van der Waals surface area contributed by atoms with Crippen LogP contribution in [0.3, 0.4) is 0 Å². The van der Waals surface area contributed by atoms with Crippen LogP contribution in [0.5, 0.6) is 0 Å². The first-order chi connectivity index (χ1) is 7.33. The summed E-state index contributed by atoms with van der Waals surface area (Å²) in [5.41, 5.74) is 1.28. The number of allylic oxidation sites excluding steroid dienone is 1. The molecular formula is C11H12ClN3. The van der Waals surface area contributed by atoms with E-state index in [1.807, 2.05) is 0 Å². The van der Waals surface area contributed by atoms with Crippen molar-refractivity contribution in [1.82, 2.24) is 15.3 Å². The number of aromatic nitrogens is 2. The van der Waals surface area contributed by atoms with Gasteiger partial charge in [-0.1, -0.05) is 17.7 Å². The minimum Gasteiger partial charge on any atom is -0.316 e. The molecule has 0 aromatic carbocycles. The van der Waals surface area contributed by atoms with Crippen LogP contribution in [0, 0.1) is 11.8 Å². The fraction of sp³-hybridized carbons (Fsp3) is 0.455. The van der Waals surface area contributed by atoms with Crippen molar-refractivity contribution in [2.24, 2.45) is 11.8 Å². The quantitative estimate of drug-likeness (QED) is 0.785. The summed E-state index contributed by atoms with van der Waals surface area (Å²) in [5, 5.41) is 4.00. The standard InChI is InChI=1S/C11H12ClN3/c12-10-5-14-11(15-6-10)7-1-8-3-13-4-9(8)2-7/h1,5-6,8-9,13H,2-4H2. The molecule has 1 aromatic rings. The van der Waals surface area contributed by atoms with Gasteiger partial charge in [0.05, 0.1) is 5.02 Å². The Balaban J connectivity index is 1.87. The van der Waals surface area contributed by atoms with Crippen LogP contribution >= 0.6 is 11.6 Å². The molecule has 78 valence electrons. The van der Waals surface area contributed by atoms with E-state index in [1.165, 1.54) is 5.57 Å². The van der Waals surface area contributed by atoms with Crippen LogP contribution in [0.1, 0.15) is 12.2 Å². The smallest absolute Gasteiger partial charge is 0.154 e. The zero-order valence-corrected chi connectivity index (χ0v) is 9.04. The Bertz CT molecular complexity index is 399. The van der Waals surface area contributed by atoms with Crippen LogP contribution in [0.4, 0.5) is 0 Å². The van der Waals surface area contributed by atoms with Crippen molar-refractivity contribution in [3.8, 4) is 0 Å². The Kier molecular flexibility index (Phi) is 2.22. The summed E-state index contributed by atoms with van der Waals surface area (Å²) in [6.45, 7) is 2.22. The number of hydrogen-bond acceptors (Lipinski definition) is 3. The zero-order valence-electron chi connectivity index (χ0n) is 8.28. The molecule has 1 fully saturated rings. The van der Waals surface area contributed by atoms with E-state index in [2.05, 4.69) is 21.4 Å². The number of nitrogens with zero attached hydrogens (tertiary/aromatic N) is 2. The highest BCUT2D eigenvalue weighted by Gasteiger charge is 2.32. The maximum Gasteiger partial charge on any atom is 0.154 e. The predicted octanol–water partition coefficient (Wildman–Crippen LogP) is 1.75. The normalized spacial score (nSPS) is 29.0. The van der Waals surface area contributed by atoms with Gasteiger partial charge in [-0.25, -0.2) is 9.97 Å². The van der Waals surface area contributed by atoms with Crippen LogP contribution in [0.15, 0.2) is 18.5 Å². The summed E-state index contributed by atoms with van der Waals surface area (Å²) in [6.07, 6.45) is 6.74. The van der Waals surface area contributed by atoms with Crippen LogP contribution in [0.25, 0.3) is 5.57 Å². The molecule has 1 aliphatic heterocycles. The van der Waals surface area contributed by atoms with Gasteiger partial charge in [0.25, 0.3) is 0 Å². The molecule has 2 atom stereocenters. The van der Waals surface area contributed by atoms with Gasteiger partial charge in [-0.2, -0.15) is 0 Å². The topological polar surface area (TPSA) is 37.8 Å². The number of hydrogen-bond donors (Lipinski definition) is 1. The average Bonchev–Trinajstić information content (AvgIpc) is 2.78. The zero-order chi connectivity index (χ0) is 10.3. The molecule has 3 rings (SSSR count). The molecule has 4 heteroatoms. The van der Waals surface area contributed by atoms with Crippen molar-refractivity contribution in [3.63, 3.8) is 0 Å². The first kappa shape index (κ1) is 9.31. The predicted molar refractivity (Wildman–Crippen MR) is 59.5 cm³/mol. The number of halogens is 1. The van der Waals surface area contributed by atoms with Gasteiger partial charge in [0.2, 0.25) is 0 Å². The first-order valence-electron chi connectivity index (χ1n) is 5.22. The fourth-order valence-electron chi connectivity index (χ4n) is 2.42. The van der Waals surface area contributed by atoms with E-state index in [0.29, 0.717) is 10.9 Å². The molecule has 0 spiro atoms. The second-order valence-electron chi connectivity index (χ2n) is 4.20. The third-order valence-corrected chi connectivity index (χ3v) is 3.39. The lowest BCUT2D eigenvalue weighted by Gasteiger charge is -2.05. The van der Waals surface area contributed by atoms with Crippen molar-refractivity contribution in [3.05, 3.63) is 29.3 Å². The molecule has 1 aromatic heterocycles. The summed E-state index contributed by atoms with van der Waals surface area (Å²) >= 11 is 5.76. The van der Waals surface area contributed by atoms with Gasteiger partial charge in [-0.3, -0.25) is 0 Å². The molecule has 2 unspecified atom stereocenters. The van der Waals surface area contributed by atoms with E-state index in [1.54, 1.807) is 12.4 Å². The SMILES string of the molecule is Clc1cnc(C2=CC3CNCC3C2)nc1. The van der Waals surface area contributed by atoms with Gasteiger partial charge < -0.3 is 5.32 Å². The monoisotopic (exact) mass is 221 g/mol. The third-order valence-electron chi connectivity index (χ3n) is 3.20. The van der Waals surface area contributed by atoms with Gasteiger partial charge in [0.1, 0.15) is 0 Å². The van der Waals surface area contributed by atoms with Gasteiger partial charge in [0.15, 0.2) is 5.82 Å². The molecule has 15 heavy (non-hydrogen) atoms. The summed E-state index contributed by atoms with van der Waals surface area (Å²) in [4.78, 5) is 8.51. The van der Waals surface area contributed by atoms with E-state index in [9.17, 15) is 0 Å². The number of fused-ring (bicyclic) bond motifs is 1. The summed E-state index contributed by atoms with van der Waals surface area (Å²) in [6, 6.07) is 0. The van der Waals surface area contributed by atoms with E-state index in [0.717, 1.165) is 31.3 Å². The maximum atomic E-state index is 5.76. The number of rotatable bonds is 1. The van der Waals surface area contributed by atoms with Gasteiger partial charge in [-0.05, 0) is 30.4 Å². The van der Waals surface area contributed by atoms with Gasteiger partial charge in [-0.15, -0.1) is 0 Å². The van der Waals surface area contributed by atoms with Crippen LogP contribution in [-0.2, 0) is 0 Å². The Morgan fingerprint density at radius 3 is 2.80 bits per heavy atom. The molecule has 0 bridgehead atoms. The molecule has 3 nitrogen and oxygen atoms in total. The highest BCUT2D eigenvalue weighted by atomic mass is 35.5. The second kappa shape index (κ2) is 3.58. The summed E-state index contributed by atoms with van der Waals surface area (Å²) < 4.78 is 0. The molecule has 1 aliphatic carbocycles. The van der Waals surface area contributed by atoms with E-state index >= 15 is 0 Å². The summed E-state index contributed by atoms with van der Waals surface area (Å²) in [7, 11) is 0. The lowest BCUT2D eigenvalue weighted by atomic mass is 10.00. The third kappa shape index (κ3) is 1.66. The van der Waals surface area contributed by atoms with Crippen LogP contribution < -0.4 is 5.32 Å². The van der Waals surface area contributed by atoms with Crippen LogP contribution in [-0.4, -0.2) is 23.1 Å². The fourth-order valence-corrected chi connectivity index (χ4v) is 2.52. The molecule has 0 saturated carbocycles. The Morgan fingerprint density at radius 2 is 2.07 bits per heavy atom. The van der Waals surface area contributed by atoms with E-state index in [4.69, 9.17) is 11.6 Å². The molecule has 0 amide bonds. The van der Waals surface area contributed by atoms with Gasteiger partial charge in [0, 0.05) is 18.9 Å².